The molecule has 3 aromatic rings. The third kappa shape index (κ3) is 6.54. The van der Waals surface area contributed by atoms with Crippen LogP contribution in [-0.4, -0.2) is 48.9 Å². The Morgan fingerprint density at radius 2 is 1.82 bits per heavy atom. The van der Waals surface area contributed by atoms with Gasteiger partial charge in [-0.15, -0.1) is 0 Å². The Bertz CT molecular complexity index is 1360. The van der Waals surface area contributed by atoms with Gasteiger partial charge >= 0.3 is 12.1 Å². The van der Waals surface area contributed by atoms with Crippen LogP contribution in [0, 0.1) is 11.3 Å². The standard InChI is InChI=1S/C30H33N3O5/c1-30(2,3)38-29(35)33-13-11-23(12-14-33)37-27-17-21(18-31)16-22-15-20(9-10-24(22)27)19-32-26-8-6-5-7-25(26)28(34)36-4/h5-10,15-17,23,32H,11-14,19H2,1-4H3. The topological polar surface area (TPSA) is 101 Å². The highest BCUT2D eigenvalue weighted by Gasteiger charge is 2.28. The highest BCUT2D eigenvalue weighted by molar-refractivity contribution is 5.95. The number of nitrogens with zero attached hydrogens (tertiary/aromatic N) is 2. The minimum Gasteiger partial charge on any atom is -0.490 e. The fourth-order valence-corrected chi connectivity index (χ4v) is 4.44. The van der Waals surface area contributed by atoms with E-state index in [1.807, 2.05) is 57.2 Å². The predicted octanol–water partition coefficient (Wildman–Crippen LogP) is 5.89. The van der Waals surface area contributed by atoms with Gasteiger partial charge in [-0.2, -0.15) is 5.26 Å². The van der Waals surface area contributed by atoms with Crippen molar-refractivity contribution in [2.24, 2.45) is 0 Å². The summed E-state index contributed by atoms with van der Waals surface area (Å²) in [6.07, 6.45) is 0.989. The number of esters is 1. The molecule has 0 atom stereocenters. The van der Waals surface area contributed by atoms with Gasteiger partial charge < -0.3 is 24.4 Å². The number of nitrogens with one attached hydrogen (secondary N) is 1. The molecule has 1 aliphatic rings. The smallest absolute Gasteiger partial charge is 0.410 e. The molecule has 1 amide bonds. The summed E-state index contributed by atoms with van der Waals surface area (Å²) < 4.78 is 16.7. The Hall–Kier alpha value is -4.25. The van der Waals surface area contributed by atoms with E-state index in [1.165, 1.54) is 7.11 Å². The summed E-state index contributed by atoms with van der Waals surface area (Å²) in [4.78, 5) is 26.2. The first-order valence-corrected chi connectivity index (χ1v) is 12.7. The average Bonchev–Trinajstić information content (AvgIpc) is 2.90. The second kappa shape index (κ2) is 11.4. The van der Waals surface area contributed by atoms with Gasteiger partial charge in [-0.05, 0) is 62.1 Å². The Balaban J connectivity index is 1.47. The number of piperidine rings is 1. The molecule has 0 aromatic heterocycles. The number of amides is 1. The lowest BCUT2D eigenvalue weighted by Crippen LogP contribution is -2.44. The summed E-state index contributed by atoms with van der Waals surface area (Å²) >= 11 is 0. The van der Waals surface area contributed by atoms with E-state index in [2.05, 4.69) is 11.4 Å². The molecule has 8 heteroatoms. The molecule has 1 aliphatic heterocycles. The molecule has 1 heterocycles. The van der Waals surface area contributed by atoms with E-state index in [0.29, 0.717) is 55.0 Å². The van der Waals surface area contributed by atoms with Crippen LogP contribution in [-0.2, 0) is 16.0 Å². The molecular weight excluding hydrogens is 482 g/mol. The molecule has 3 aromatic carbocycles. The predicted molar refractivity (Wildman–Crippen MR) is 145 cm³/mol. The van der Waals surface area contributed by atoms with E-state index in [4.69, 9.17) is 14.2 Å². The van der Waals surface area contributed by atoms with Crippen LogP contribution < -0.4 is 10.1 Å². The number of nitriles is 1. The third-order valence-electron chi connectivity index (χ3n) is 6.31. The van der Waals surface area contributed by atoms with Crippen molar-refractivity contribution in [1.29, 1.82) is 5.26 Å². The number of carbonyl (C=O) groups is 2. The van der Waals surface area contributed by atoms with E-state index in [-0.39, 0.29) is 12.2 Å². The van der Waals surface area contributed by atoms with Gasteiger partial charge in [0.05, 0.1) is 24.3 Å². The van der Waals surface area contributed by atoms with Crippen LogP contribution in [0.15, 0.2) is 54.6 Å². The lowest BCUT2D eigenvalue weighted by molar-refractivity contribution is 0.0127. The van der Waals surface area contributed by atoms with Crippen molar-refractivity contribution in [2.45, 2.75) is 51.9 Å². The van der Waals surface area contributed by atoms with Crippen molar-refractivity contribution in [3.63, 3.8) is 0 Å². The molecule has 1 fully saturated rings. The van der Waals surface area contributed by atoms with Gasteiger partial charge in [0, 0.05) is 43.5 Å². The van der Waals surface area contributed by atoms with Gasteiger partial charge in [0.25, 0.3) is 0 Å². The van der Waals surface area contributed by atoms with Crippen LogP contribution in [0.5, 0.6) is 5.75 Å². The van der Waals surface area contributed by atoms with Gasteiger partial charge in [-0.3, -0.25) is 0 Å². The molecular formula is C30H33N3O5. The van der Waals surface area contributed by atoms with E-state index in [0.717, 1.165) is 16.3 Å². The second-order valence-electron chi connectivity index (χ2n) is 10.3. The number of ether oxygens (including phenoxy) is 3. The molecule has 1 N–H and O–H groups in total. The first-order chi connectivity index (χ1) is 18.2. The van der Waals surface area contributed by atoms with Gasteiger partial charge in [-0.1, -0.05) is 24.3 Å². The van der Waals surface area contributed by atoms with Gasteiger partial charge in [0.15, 0.2) is 0 Å². The summed E-state index contributed by atoms with van der Waals surface area (Å²) in [5, 5.41) is 14.7. The molecule has 198 valence electrons. The number of methoxy groups -OCH3 is 1. The van der Waals surface area contributed by atoms with Crippen LogP contribution in [0.3, 0.4) is 0 Å². The number of para-hydroxylation sites is 1. The van der Waals surface area contributed by atoms with Crippen molar-refractivity contribution < 1.29 is 23.8 Å². The summed E-state index contributed by atoms with van der Waals surface area (Å²) in [5.74, 6) is 0.259. The molecule has 4 rings (SSSR count). The Labute approximate surface area is 223 Å². The molecule has 0 bridgehead atoms. The van der Waals surface area contributed by atoms with Crippen LogP contribution in [0.2, 0.25) is 0 Å². The summed E-state index contributed by atoms with van der Waals surface area (Å²) in [5.41, 5.74) is 2.13. The highest BCUT2D eigenvalue weighted by atomic mass is 16.6. The molecule has 0 aliphatic carbocycles. The van der Waals surface area contributed by atoms with Crippen molar-refractivity contribution in [2.75, 3.05) is 25.5 Å². The van der Waals surface area contributed by atoms with Crippen molar-refractivity contribution >= 4 is 28.5 Å². The molecule has 0 spiro atoms. The maximum Gasteiger partial charge on any atom is 0.410 e. The van der Waals surface area contributed by atoms with Crippen LogP contribution in [0.4, 0.5) is 10.5 Å². The molecule has 0 unspecified atom stereocenters. The first kappa shape index (κ1) is 26.8. The van der Waals surface area contributed by atoms with E-state index in [1.54, 1.807) is 23.1 Å². The fourth-order valence-electron chi connectivity index (χ4n) is 4.44. The summed E-state index contributed by atoms with van der Waals surface area (Å²) in [6, 6.07) is 19.1. The Kier molecular flexibility index (Phi) is 8.06. The van der Waals surface area contributed by atoms with Crippen molar-refractivity contribution in [1.82, 2.24) is 4.90 Å². The maximum absolute atomic E-state index is 12.4. The Morgan fingerprint density at radius 3 is 2.50 bits per heavy atom. The molecule has 8 nitrogen and oxygen atoms in total. The normalized spacial score (nSPS) is 14.0. The second-order valence-corrected chi connectivity index (χ2v) is 10.3. The van der Waals surface area contributed by atoms with Crippen LogP contribution >= 0.6 is 0 Å². The minimum absolute atomic E-state index is 0.0676. The molecule has 0 saturated carbocycles. The summed E-state index contributed by atoms with van der Waals surface area (Å²) in [7, 11) is 1.36. The number of hydrogen-bond acceptors (Lipinski definition) is 7. The number of benzene rings is 3. The molecule has 38 heavy (non-hydrogen) atoms. The Morgan fingerprint density at radius 1 is 1.08 bits per heavy atom. The van der Waals surface area contributed by atoms with Crippen molar-refractivity contribution in [3.05, 3.63) is 71.3 Å². The lowest BCUT2D eigenvalue weighted by Gasteiger charge is -2.33. The summed E-state index contributed by atoms with van der Waals surface area (Å²) in [6.45, 7) is 7.17. The van der Waals surface area contributed by atoms with Gasteiger partial charge in [0.1, 0.15) is 17.5 Å². The number of carbonyl (C=O) groups excluding carboxylic acids is 2. The van der Waals surface area contributed by atoms with E-state index >= 15 is 0 Å². The zero-order chi connectivity index (χ0) is 27.3. The van der Waals surface area contributed by atoms with E-state index < -0.39 is 11.6 Å². The molecule has 1 saturated heterocycles. The minimum atomic E-state index is -0.528. The van der Waals surface area contributed by atoms with E-state index in [9.17, 15) is 14.9 Å². The fraction of sp³-hybridized carbons (Fsp3) is 0.367. The number of fused-ring (bicyclic) bond motifs is 1. The lowest BCUT2D eigenvalue weighted by atomic mass is 10.0. The van der Waals surface area contributed by atoms with Crippen LogP contribution in [0.1, 0.15) is 55.1 Å². The first-order valence-electron chi connectivity index (χ1n) is 12.7. The average molecular weight is 516 g/mol. The molecule has 0 radical (unpaired) electrons. The zero-order valence-electron chi connectivity index (χ0n) is 22.2. The highest BCUT2D eigenvalue weighted by Crippen LogP contribution is 2.31. The number of rotatable bonds is 6. The van der Waals surface area contributed by atoms with Gasteiger partial charge in [-0.25, -0.2) is 9.59 Å². The number of hydrogen-bond donors (Lipinski definition) is 1. The largest absolute Gasteiger partial charge is 0.490 e. The van der Waals surface area contributed by atoms with Crippen molar-refractivity contribution in [3.8, 4) is 11.8 Å². The monoisotopic (exact) mass is 515 g/mol. The number of likely N-dealkylation sites (tertiary alicyclic amines) is 1. The SMILES string of the molecule is COC(=O)c1ccccc1NCc1ccc2c(OC3CCN(C(=O)OC(C)(C)C)CC3)cc(C#N)cc2c1. The third-order valence-corrected chi connectivity index (χ3v) is 6.31. The quantitative estimate of drug-likeness (QED) is 0.409. The zero-order valence-corrected chi connectivity index (χ0v) is 22.2. The number of anilines is 1. The van der Waals surface area contributed by atoms with Gasteiger partial charge in [0.2, 0.25) is 0 Å². The van der Waals surface area contributed by atoms with Crippen LogP contribution in [0.25, 0.3) is 10.8 Å². The maximum atomic E-state index is 12.4.